The standard InChI is InChI=1S/C8H10ClNO/c1-3-4-5-8(7(2)9)10-6-11/h4-5H,3H2,1-2H3. The zero-order valence-corrected chi connectivity index (χ0v) is 7.35. The van der Waals surface area contributed by atoms with Gasteiger partial charge in [-0.05, 0) is 19.4 Å². The van der Waals surface area contributed by atoms with Crippen LogP contribution in [0, 0.1) is 0 Å². The number of rotatable bonds is 3. The van der Waals surface area contributed by atoms with E-state index in [0.29, 0.717) is 10.7 Å². The molecule has 0 rings (SSSR count). The minimum atomic E-state index is 0.475. The SMILES string of the molecule is CCC=CC(N=C=O)=C(C)Cl. The van der Waals surface area contributed by atoms with Gasteiger partial charge in [0.2, 0.25) is 6.08 Å². The van der Waals surface area contributed by atoms with Crippen molar-refractivity contribution in [1.29, 1.82) is 0 Å². The third-order valence-corrected chi connectivity index (χ3v) is 1.22. The Morgan fingerprint density at radius 2 is 2.36 bits per heavy atom. The Morgan fingerprint density at radius 3 is 2.73 bits per heavy atom. The molecule has 0 heterocycles. The van der Waals surface area contributed by atoms with Crippen molar-refractivity contribution >= 4 is 17.7 Å². The van der Waals surface area contributed by atoms with Crippen LogP contribution >= 0.6 is 11.6 Å². The van der Waals surface area contributed by atoms with Crippen LogP contribution in [-0.4, -0.2) is 6.08 Å². The van der Waals surface area contributed by atoms with Gasteiger partial charge in [-0.25, -0.2) is 4.79 Å². The third kappa shape index (κ3) is 4.54. The number of nitrogens with zero attached hydrogens (tertiary/aromatic N) is 1. The van der Waals surface area contributed by atoms with Crippen LogP contribution in [0.3, 0.4) is 0 Å². The third-order valence-electron chi connectivity index (χ3n) is 1.03. The van der Waals surface area contributed by atoms with Gasteiger partial charge in [-0.2, -0.15) is 4.99 Å². The van der Waals surface area contributed by atoms with Gasteiger partial charge in [0.05, 0.1) is 5.70 Å². The normalized spacial score (nSPS) is 12.6. The van der Waals surface area contributed by atoms with E-state index < -0.39 is 0 Å². The van der Waals surface area contributed by atoms with E-state index in [4.69, 9.17) is 11.6 Å². The van der Waals surface area contributed by atoms with Gasteiger partial charge in [0.15, 0.2) is 0 Å². The minimum Gasteiger partial charge on any atom is -0.211 e. The molecule has 0 aromatic rings. The summed E-state index contributed by atoms with van der Waals surface area (Å²) in [6, 6.07) is 0. The highest BCUT2D eigenvalue weighted by Gasteiger charge is 1.91. The van der Waals surface area contributed by atoms with Crippen molar-refractivity contribution < 1.29 is 4.79 Å². The second-order valence-corrected chi connectivity index (χ2v) is 2.50. The predicted octanol–water partition coefficient (Wildman–Crippen LogP) is 2.76. The Balaban J connectivity index is 4.50. The van der Waals surface area contributed by atoms with Crippen LogP contribution in [0.1, 0.15) is 20.3 Å². The highest BCUT2D eigenvalue weighted by molar-refractivity contribution is 6.29. The molecule has 0 radical (unpaired) electrons. The molecule has 60 valence electrons. The topological polar surface area (TPSA) is 29.4 Å². The molecule has 0 atom stereocenters. The van der Waals surface area contributed by atoms with E-state index in [1.54, 1.807) is 13.0 Å². The Kier molecular flexibility index (Phi) is 5.44. The molecule has 11 heavy (non-hydrogen) atoms. The van der Waals surface area contributed by atoms with Gasteiger partial charge in [-0.3, -0.25) is 0 Å². The van der Waals surface area contributed by atoms with E-state index in [2.05, 4.69) is 4.99 Å². The summed E-state index contributed by atoms with van der Waals surface area (Å²) in [5.41, 5.74) is 0.475. The molecular weight excluding hydrogens is 162 g/mol. The maximum atomic E-state index is 9.86. The van der Waals surface area contributed by atoms with E-state index in [-0.39, 0.29) is 0 Å². The van der Waals surface area contributed by atoms with Crippen LogP contribution in [0.25, 0.3) is 0 Å². The molecule has 0 N–H and O–H groups in total. The zero-order chi connectivity index (χ0) is 8.69. The summed E-state index contributed by atoms with van der Waals surface area (Å²) in [5.74, 6) is 0. The molecule has 0 aliphatic rings. The number of hydrogen-bond acceptors (Lipinski definition) is 2. The Bertz CT molecular complexity index is 220. The van der Waals surface area contributed by atoms with Crippen molar-refractivity contribution in [3.05, 3.63) is 22.9 Å². The molecule has 0 saturated carbocycles. The summed E-state index contributed by atoms with van der Waals surface area (Å²) in [4.78, 5) is 13.3. The van der Waals surface area contributed by atoms with Crippen LogP contribution in [0.15, 0.2) is 27.9 Å². The average molecular weight is 172 g/mol. The number of allylic oxidation sites excluding steroid dienone is 3. The number of isocyanates is 1. The van der Waals surface area contributed by atoms with Gasteiger partial charge >= 0.3 is 0 Å². The highest BCUT2D eigenvalue weighted by Crippen LogP contribution is 2.10. The van der Waals surface area contributed by atoms with E-state index >= 15 is 0 Å². The van der Waals surface area contributed by atoms with E-state index in [1.807, 2.05) is 13.0 Å². The smallest absolute Gasteiger partial charge is 0.211 e. The van der Waals surface area contributed by atoms with E-state index in [9.17, 15) is 4.79 Å². The fourth-order valence-electron chi connectivity index (χ4n) is 0.508. The molecular formula is C8H10ClNO. The van der Waals surface area contributed by atoms with Crippen LogP contribution in [0.5, 0.6) is 0 Å². The predicted molar refractivity (Wildman–Crippen MR) is 46.1 cm³/mol. The lowest BCUT2D eigenvalue weighted by Gasteiger charge is -1.90. The van der Waals surface area contributed by atoms with E-state index in [0.717, 1.165) is 6.42 Å². The average Bonchev–Trinajstić information content (AvgIpc) is 1.97. The summed E-state index contributed by atoms with van der Waals surface area (Å²) >= 11 is 5.61. The zero-order valence-electron chi connectivity index (χ0n) is 6.60. The monoisotopic (exact) mass is 171 g/mol. The summed E-state index contributed by atoms with van der Waals surface area (Å²) in [6.07, 6.45) is 5.91. The lowest BCUT2D eigenvalue weighted by Crippen LogP contribution is -1.73. The van der Waals surface area contributed by atoms with Crippen molar-refractivity contribution in [3.8, 4) is 0 Å². The molecule has 3 heteroatoms. The minimum absolute atomic E-state index is 0.475. The van der Waals surface area contributed by atoms with Crippen LogP contribution in [-0.2, 0) is 4.79 Å². The van der Waals surface area contributed by atoms with Crippen molar-refractivity contribution in [2.75, 3.05) is 0 Å². The molecule has 2 nitrogen and oxygen atoms in total. The van der Waals surface area contributed by atoms with Crippen LogP contribution < -0.4 is 0 Å². The lowest BCUT2D eigenvalue weighted by molar-refractivity contribution is 0.565. The van der Waals surface area contributed by atoms with E-state index in [1.165, 1.54) is 6.08 Å². The first-order chi connectivity index (χ1) is 5.22. The summed E-state index contributed by atoms with van der Waals surface area (Å²) in [5, 5.41) is 0.498. The summed E-state index contributed by atoms with van der Waals surface area (Å²) < 4.78 is 0. The van der Waals surface area contributed by atoms with Gasteiger partial charge in [0, 0.05) is 5.03 Å². The van der Waals surface area contributed by atoms with Gasteiger partial charge < -0.3 is 0 Å². The Labute approximate surface area is 71.3 Å². The van der Waals surface area contributed by atoms with Crippen molar-refractivity contribution in [1.82, 2.24) is 0 Å². The molecule has 0 aromatic carbocycles. The fourth-order valence-corrected chi connectivity index (χ4v) is 0.613. The molecule has 0 fully saturated rings. The maximum absolute atomic E-state index is 9.86. The van der Waals surface area contributed by atoms with Gasteiger partial charge in [0.1, 0.15) is 0 Å². The number of aliphatic imine (C=N–C) groups is 1. The number of halogens is 1. The second-order valence-electron chi connectivity index (χ2n) is 1.93. The molecule has 0 amide bonds. The summed E-state index contributed by atoms with van der Waals surface area (Å²) in [6.45, 7) is 3.67. The van der Waals surface area contributed by atoms with Gasteiger partial charge in [-0.1, -0.05) is 24.6 Å². The van der Waals surface area contributed by atoms with Crippen molar-refractivity contribution in [3.63, 3.8) is 0 Å². The Morgan fingerprint density at radius 1 is 1.73 bits per heavy atom. The van der Waals surface area contributed by atoms with Crippen molar-refractivity contribution in [2.24, 2.45) is 4.99 Å². The van der Waals surface area contributed by atoms with Crippen LogP contribution in [0.4, 0.5) is 0 Å². The first-order valence-corrected chi connectivity index (χ1v) is 3.71. The Hall–Kier alpha value is -0.850. The molecule has 0 spiro atoms. The maximum Gasteiger partial charge on any atom is 0.240 e. The molecule has 0 aliphatic heterocycles. The first kappa shape index (κ1) is 10.2. The molecule has 0 saturated heterocycles. The number of carbonyl (C=O) groups excluding carboxylic acids is 1. The molecule has 0 aliphatic carbocycles. The fraction of sp³-hybridized carbons (Fsp3) is 0.375. The van der Waals surface area contributed by atoms with Crippen LogP contribution in [0.2, 0.25) is 0 Å². The van der Waals surface area contributed by atoms with Gasteiger partial charge in [-0.15, -0.1) is 0 Å². The summed E-state index contributed by atoms with van der Waals surface area (Å²) in [7, 11) is 0. The highest BCUT2D eigenvalue weighted by atomic mass is 35.5. The number of hydrogen-bond donors (Lipinski definition) is 0. The first-order valence-electron chi connectivity index (χ1n) is 3.33. The molecule has 0 bridgehead atoms. The molecule has 0 aromatic heterocycles. The largest absolute Gasteiger partial charge is 0.240 e. The quantitative estimate of drug-likeness (QED) is 0.365. The van der Waals surface area contributed by atoms with Crippen molar-refractivity contribution in [2.45, 2.75) is 20.3 Å². The second kappa shape index (κ2) is 5.90. The molecule has 0 unspecified atom stereocenters. The lowest BCUT2D eigenvalue weighted by atomic mass is 10.3. The van der Waals surface area contributed by atoms with Gasteiger partial charge in [0.25, 0.3) is 0 Å².